The van der Waals surface area contributed by atoms with Crippen molar-refractivity contribution in [2.75, 3.05) is 13.7 Å². The molecule has 178 valence electrons. The number of halogens is 1. The molecule has 1 aliphatic carbocycles. The normalized spacial score (nSPS) is 21.6. The Morgan fingerprint density at radius 1 is 1.18 bits per heavy atom. The Bertz CT molecular complexity index is 1210. The minimum atomic E-state index is -0.613. The van der Waals surface area contributed by atoms with Crippen molar-refractivity contribution in [1.82, 2.24) is 10.2 Å². The number of carbonyl (C=O) groups is 2. The van der Waals surface area contributed by atoms with Gasteiger partial charge in [0.05, 0.1) is 13.2 Å². The molecule has 2 aromatic carbocycles. The minimum Gasteiger partial charge on any atom is -0.453 e. The maximum Gasteiger partial charge on any atom is 0.407 e. The molecule has 0 bridgehead atoms. The van der Waals surface area contributed by atoms with Gasteiger partial charge < -0.3 is 15.0 Å². The summed E-state index contributed by atoms with van der Waals surface area (Å²) in [6.45, 7) is 4.63. The summed E-state index contributed by atoms with van der Waals surface area (Å²) in [5, 5.41) is 5.13. The first-order valence-electron chi connectivity index (χ1n) is 11.9. The first-order valence-corrected chi connectivity index (χ1v) is 12.7. The fraction of sp³-hybridized carbons (Fsp3) is 0.444. The number of rotatable bonds is 5. The highest BCUT2D eigenvalue weighted by Crippen LogP contribution is 2.55. The molecule has 6 nitrogen and oxygen atoms in total. The minimum absolute atomic E-state index is 0.0270. The van der Waals surface area contributed by atoms with Crippen LogP contribution in [-0.4, -0.2) is 48.4 Å². The molecule has 1 spiro atoms. The lowest BCUT2D eigenvalue weighted by molar-refractivity contribution is -0.134. The maximum atomic E-state index is 13.6. The molecule has 2 amide bonds. The molecule has 7 heteroatoms. The second-order valence-electron chi connectivity index (χ2n) is 10.2. The number of alkyl carbamates (subject to hydrolysis) is 1. The van der Waals surface area contributed by atoms with Crippen molar-refractivity contribution in [3.8, 4) is 0 Å². The number of hydrogen-bond donors (Lipinski definition) is 1. The second kappa shape index (κ2) is 8.84. The highest BCUT2D eigenvalue weighted by Gasteiger charge is 2.55. The third kappa shape index (κ3) is 4.38. The number of methoxy groups -OCH3 is 1. The number of ether oxygens (including phenoxy) is 1. The van der Waals surface area contributed by atoms with Crippen LogP contribution in [0.15, 0.2) is 52.1 Å². The van der Waals surface area contributed by atoms with Gasteiger partial charge in [0.1, 0.15) is 6.04 Å². The Kier molecular flexibility index (Phi) is 6.00. The highest BCUT2D eigenvalue weighted by molar-refractivity contribution is 9.10. The smallest absolute Gasteiger partial charge is 0.407 e. The van der Waals surface area contributed by atoms with Crippen LogP contribution in [0.4, 0.5) is 4.79 Å². The average Bonchev–Trinajstić information content (AvgIpc) is 3.23. The van der Waals surface area contributed by atoms with Gasteiger partial charge in [0, 0.05) is 29.3 Å². The van der Waals surface area contributed by atoms with Gasteiger partial charge in [-0.05, 0) is 70.7 Å². The molecule has 1 saturated heterocycles. The summed E-state index contributed by atoms with van der Waals surface area (Å²) in [6, 6.07) is 12.2. The summed E-state index contributed by atoms with van der Waals surface area (Å²) in [5.41, 5.74) is 3.60. The van der Waals surface area contributed by atoms with E-state index < -0.39 is 12.1 Å². The molecule has 2 atom stereocenters. The molecule has 1 unspecified atom stereocenters. The molecule has 2 fully saturated rings. The number of fused-ring (bicyclic) bond motifs is 1. The fourth-order valence-electron chi connectivity index (χ4n) is 5.25. The monoisotopic (exact) mass is 523 g/mol. The van der Waals surface area contributed by atoms with Crippen LogP contribution in [0.1, 0.15) is 45.1 Å². The lowest BCUT2D eigenvalue weighted by atomic mass is 9.94. The molecular formula is C27H30BrN3O3. The summed E-state index contributed by atoms with van der Waals surface area (Å²) in [4.78, 5) is 32.3. The van der Waals surface area contributed by atoms with E-state index in [1.807, 2.05) is 24.9 Å². The standard InChI is InChI=1S/C27H30BrN3O3/c1-16(2)24(30-26(33)34-3)25(32)31-15-27(8-9-27)13-23(31)22-12-20(14-29-22)18-4-5-19-11-21(28)7-6-17(19)10-18/h4-7,10-11,14,16,23-24H,8-9,12-13,15H2,1-3H3,(H,30,33)/t23-,24?/m0/s1. The topological polar surface area (TPSA) is 71.0 Å². The first-order chi connectivity index (χ1) is 16.3. The van der Waals surface area contributed by atoms with E-state index >= 15 is 0 Å². The van der Waals surface area contributed by atoms with Crippen LogP contribution >= 0.6 is 15.9 Å². The number of carbonyl (C=O) groups excluding carboxylic acids is 2. The Hall–Kier alpha value is -2.67. The van der Waals surface area contributed by atoms with Crippen molar-refractivity contribution in [2.24, 2.45) is 16.3 Å². The van der Waals surface area contributed by atoms with Crippen molar-refractivity contribution in [3.63, 3.8) is 0 Å². The van der Waals surface area contributed by atoms with E-state index in [0.29, 0.717) is 0 Å². The van der Waals surface area contributed by atoms with Gasteiger partial charge >= 0.3 is 6.09 Å². The number of allylic oxidation sites excluding steroid dienone is 1. The summed E-state index contributed by atoms with van der Waals surface area (Å²) < 4.78 is 5.84. The molecule has 34 heavy (non-hydrogen) atoms. The fourth-order valence-corrected chi connectivity index (χ4v) is 5.63. The van der Waals surface area contributed by atoms with Crippen molar-refractivity contribution in [1.29, 1.82) is 0 Å². The molecule has 2 aromatic rings. The number of amides is 2. The number of aliphatic imine (C=N–C) groups is 1. The van der Waals surface area contributed by atoms with Gasteiger partial charge in [-0.3, -0.25) is 9.79 Å². The molecular weight excluding hydrogens is 494 g/mol. The third-order valence-corrected chi connectivity index (χ3v) is 7.95. The molecule has 1 saturated carbocycles. The summed E-state index contributed by atoms with van der Waals surface area (Å²) >= 11 is 3.54. The van der Waals surface area contributed by atoms with Crippen LogP contribution in [-0.2, 0) is 9.53 Å². The van der Waals surface area contributed by atoms with Crippen LogP contribution in [0.3, 0.4) is 0 Å². The Morgan fingerprint density at radius 3 is 2.62 bits per heavy atom. The predicted molar refractivity (Wildman–Crippen MR) is 138 cm³/mol. The predicted octanol–water partition coefficient (Wildman–Crippen LogP) is 5.55. The van der Waals surface area contributed by atoms with Crippen molar-refractivity contribution in [3.05, 3.63) is 52.6 Å². The zero-order chi connectivity index (χ0) is 24.0. The zero-order valence-corrected chi connectivity index (χ0v) is 21.4. The molecule has 2 aliphatic heterocycles. The quantitative estimate of drug-likeness (QED) is 0.558. The second-order valence-corrected chi connectivity index (χ2v) is 11.1. The van der Waals surface area contributed by atoms with E-state index in [9.17, 15) is 9.59 Å². The number of nitrogens with one attached hydrogen (secondary N) is 1. The van der Waals surface area contributed by atoms with Crippen LogP contribution < -0.4 is 5.32 Å². The lowest BCUT2D eigenvalue weighted by Crippen LogP contribution is -2.53. The highest BCUT2D eigenvalue weighted by atomic mass is 79.9. The zero-order valence-electron chi connectivity index (χ0n) is 19.8. The van der Waals surface area contributed by atoms with E-state index in [1.54, 1.807) is 0 Å². The molecule has 1 N–H and O–H groups in total. The third-order valence-electron chi connectivity index (χ3n) is 7.46. The molecule has 0 aromatic heterocycles. The number of benzene rings is 2. The van der Waals surface area contributed by atoms with E-state index in [-0.39, 0.29) is 23.3 Å². The Morgan fingerprint density at radius 2 is 1.91 bits per heavy atom. The first kappa shape index (κ1) is 23.1. The van der Waals surface area contributed by atoms with Gasteiger partial charge in [0.25, 0.3) is 0 Å². The SMILES string of the molecule is COC(=O)NC(C(=O)N1CC2(CC2)C[C@H]1C1=NC=C(c2ccc3cc(Br)ccc3c2)C1)C(C)C. The summed E-state index contributed by atoms with van der Waals surface area (Å²) in [7, 11) is 1.32. The van der Waals surface area contributed by atoms with Crippen LogP contribution in [0.2, 0.25) is 0 Å². The van der Waals surface area contributed by atoms with E-state index in [4.69, 9.17) is 9.73 Å². The van der Waals surface area contributed by atoms with E-state index in [0.717, 1.165) is 48.0 Å². The van der Waals surface area contributed by atoms with Gasteiger partial charge in [0.15, 0.2) is 0 Å². The van der Waals surface area contributed by atoms with Gasteiger partial charge in [-0.15, -0.1) is 0 Å². The van der Waals surface area contributed by atoms with Crippen LogP contribution in [0.5, 0.6) is 0 Å². The van der Waals surface area contributed by atoms with Gasteiger partial charge in [0.2, 0.25) is 5.91 Å². The van der Waals surface area contributed by atoms with Gasteiger partial charge in [-0.2, -0.15) is 0 Å². The van der Waals surface area contributed by atoms with Gasteiger partial charge in [-0.25, -0.2) is 4.79 Å². The van der Waals surface area contributed by atoms with Crippen LogP contribution in [0, 0.1) is 11.3 Å². The Balaban J connectivity index is 1.35. The number of hydrogen-bond acceptors (Lipinski definition) is 4. The largest absolute Gasteiger partial charge is 0.453 e. The number of nitrogens with zero attached hydrogens (tertiary/aromatic N) is 2. The van der Waals surface area contributed by atoms with E-state index in [1.165, 1.54) is 23.5 Å². The summed E-state index contributed by atoms with van der Waals surface area (Å²) in [6.07, 6.45) is 5.38. The lowest BCUT2D eigenvalue weighted by Gasteiger charge is -2.31. The van der Waals surface area contributed by atoms with Crippen molar-refractivity contribution < 1.29 is 14.3 Å². The molecule has 0 radical (unpaired) electrons. The van der Waals surface area contributed by atoms with Crippen molar-refractivity contribution in [2.45, 2.75) is 51.6 Å². The molecule has 5 rings (SSSR count). The molecule has 2 heterocycles. The average molecular weight is 524 g/mol. The van der Waals surface area contributed by atoms with Crippen LogP contribution in [0.25, 0.3) is 16.3 Å². The van der Waals surface area contributed by atoms with Crippen molar-refractivity contribution >= 4 is 50.0 Å². The summed E-state index contributed by atoms with van der Waals surface area (Å²) in [5.74, 6) is -0.0820. The van der Waals surface area contributed by atoms with E-state index in [2.05, 4.69) is 57.6 Å². The van der Waals surface area contributed by atoms with Gasteiger partial charge in [-0.1, -0.05) is 48.0 Å². The molecule has 3 aliphatic rings. The maximum absolute atomic E-state index is 13.6. The number of likely N-dealkylation sites (tertiary alicyclic amines) is 1. The Labute approximate surface area is 208 Å².